The molecular formula is C7H15NO. The van der Waals surface area contributed by atoms with E-state index in [2.05, 4.69) is 13.6 Å². The van der Waals surface area contributed by atoms with Crippen LogP contribution in [-0.4, -0.2) is 18.0 Å². The molecule has 0 rings (SSSR count). The van der Waals surface area contributed by atoms with Crippen LogP contribution in [0.3, 0.4) is 0 Å². The van der Waals surface area contributed by atoms with Crippen molar-refractivity contribution in [2.75, 3.05) is 6.54 Å². The van der Waals surface area contributed by atoms with E-state index in [-0.39, 0.29) is 0 Å². The van der Waals surface area contributed by atoms with Crippen LogP contribution in [-0.2, 0) is 0 Å². The lowest BCUT2D eigenvalue weighted by Gasteiger charge is -1.99. The highest BCUT2D eigenvalue weighted by atomic mass is 16.5. The second-order valence-corrected chi connectivity index (χ2v) is 2.27. The van der Waals surface area contributed by atoms with Crippen LogP contribution in [0.15, 0.2) is 0 Å². The Bertz CT molecular complexity index is 81.0. The molecule has 0 amide bonds. The standard InChI is InChI=1S/C7H15NO/c1-3-4-5-6-7-8(2)9/h2-7H2,1H3. The molecule has 0 aromatic heterocycles. The van der Waals surface area contributed by atoms with Crippen molar-refractivity contribution < 1.29 is 4.74 Å². The lowest BCUT2D eigenvalue weighted by Crippen LogP contribution is -2.00. The lowest BCUT2D eigenvalue weighted by atomic mass is 10.2. The molecule has 9 heavy (non-hydrogen) atoms. The molecule has 0 atom stereocenters. The molecule has 0 aliphatic heterocycles. The van der Waals surface area contributed by atoms with Crippen molar-refractivity contribution in [3.05, 3.63) is 5.21 Å². The van der Waals surface area contributed by atoms with Gasteiger partial charge in [0.25, 0.3) is 0 Å². The fraction of sp³-hybridized carbons (Fsp3) is 0.857. The summed E-state index contributed by atoms with van der Waals surface area (Å²) in [5.74, 6) is 0. The van der Waals surface area contributed by atoms with Crippen molar-refractivity contribution in [1.82, 2.24) is 0 Å². The van der Waals surface area contributed by atoms with Gasteiger partial charge in [-0.1, -0.05) is 19.8 Å². The van der Waals surface area contributed by atoms with Gasteiger partial charge in [-0.25, -0.2) is 4.74 Å². The topological polar surface area (TPSA) is 26.1 Å². The number of hydrogen-bond acceptors (Lipinski definition) is 1. The molecule has 2 nitrogen and oxygen atoms in total. The van der Waals surface area contributed by atoms with Gasteiger partial charge in [-0.2, -0.15) is 0 Å². The highest BCUT2D eigenvalue weighted by Crippen LogP contribution is 1.97. The maximum Gasteiger partial charge on any atom is 0.152 e. The van der Waals surface area contributed by atoms with Gasteiger partial charge in [0, 0.05) is 6.42 Å². The highest BCUT2D eigenvalue weighted by molar-refractivity contribution is 5.14. The molecule has 54 valence electrons. The first-order chi connectivity index (χ1) is 4.27. The van der Waals surface area contributed by atoms with Crippen molar-refractivity contribution in [1.29, 1.82) is 0 Å². The zero-order valence-corrected chi connectivity index (χ0v) is 6.10. The second-order valence-electron chi connectivity index (χ2n) is 2.27. The Morgan fingerprint density at radius 3 is 2.44 bits per heavy atom. The van der Waals surface area contributed by atoms with Crippen LogP contribution >= 0.6 is 0 Å². The molecule has 0 spiro atoms. The summed E-state index contributed by atoms with van der Waals surface area (Å²) in [6.45, 7) is 5.95. The van der Waals surface area contributed by atoms with Crippen LogP contribution < -0.4 is 0 Å². The van der Waals surface area contributed by atoms with Crippen LogP contribution in [0.25, 0.3) is 0 Å². The van der Waals surface area contributed by atoms with Gasteiger partial charge in [-0.05, 0) is 6.42 Å². The van der Waals surface area contributed by atoms with E-state index < -0.39 is 0 Å². The first kappa shape index (κ1) is 8.47. The molecule has 0 N–H and O–H groups in total. The Morgan fingerprint density at radius 1 is 1.33 bits per heavy atom. The number of rotatable bonds is 5. The summed E-state index contributed by atoms with van der Waals surface area (Å²) in [5, 5.41) is 10.2. The van der Waals surface area contributed by atoms with Gasteiger partial charge in [0.1, 0.15) is 6.72 Å². The van der Waals surface area contributed by atoms with Crippen LogP contribution in [0.2, 0.25) is 0 Å². The van der Waals surface area contributed by atoms with Gasteiger partial charge in [-0.3, -0.25) is 0 Å². The minimum atomic E-state index is 0.583. The minimum Gasteiger partial charge on any atom is -0.624 e. The number of hydroxylamine groups is 1. The normalized spacial score (nSPS) is 9.44. The molecule has 0 fully saturated rings. The van der Waals surface area contributed by atoms with Crippen molar-refractivity contribution in [2.45, 2.75) is 32.6 Å². The SMILES string of the molecule is C=[N+]([O-])CCCCCC. The number of nitrogens with zero attached hydrogens (tertiary/aromatic N) is 1. The fourth-order valence-electron chi connectivity index (χ4n) is 0.715. The van der Waals surface area contributed by atoms with E-state index in [1.165, 1.54) is 12.8 Å². The van der Waals surface area contributed by atoms with Crippen molar-refractivity contribution in [3.63, 3.8) is 0 Å². The van der Waals surface area contributed by atoms with Gasteiger partial charge in [-0.15, -0.1) is 0 Å². The number of hydrogen-bond donors (Lipinski definition) is 0. The summed E-state index contributed by atoms with van der Waals surface area (Å²) >= 11 is 0. The monoisotopic (exact) mass is 129 g/mol. The molecule has 0 radical (unpaired) electrons. The molecule has 0 saturated heterocycles. The Labute approximate surface area is 56.8 Å². The molecule has 0 heterocycles. The van der Waals surface area contributed by atoms with Gasteiger partial charge < -0.3 is 5.21 Å². The Morgan fingerprint density at radius 2 is 2.00 bits per heavy atom. The zero-order valence-electron chi connectivity index (χ0n) is 6.10. The third-order valence-corrected chi connectivity index (χ3v) is 1.26. The van der Waals surface area contributed by atoms with E-state index >= 15 is 0 Å². The average Bonchev–Trinajstić information content (AvgIpc) is 1.80. The van der Waals surface area contributed by atoms with E-state index in [4.69, 9.17) is 0 Å². The average molecular weight is 129 g/mol. The van der Waals surface area contributed by atoms with E-state index in [1.54, 1.807) is 0 Å². The van der Waals surface area contributed by atoms with Crippen molar-refractivity contribution in [2.24, 2.45) is 0 Å². The van der Waals surface area contributed by atoms with E-state index in [1.807, 2.05) is 0 Å². The molecule has 2 heteroatoms. The Kier molecular flexibility index (Phi) is 5.27. The summed E-state index contributed by atoms with van der Waals surface area (Å²) in [6, 6.07) is 0. The van der Waals surface area contributed by atoms with Crippen LogP contribution in [0, 0.1) is 5.21 Å². The van der Waals surface area contributed by atoms with Gasteiger partial charge in [0.05, 0.1) is 0 Å². The maximum absolute atomic E-state index is 10.2. The molecule has 0 aromatic rings. The molecule has 0 aliphatic rings. The summed E-state index contributed by atoms with van der Waals surface area (Å²) in [6.07, 6.45) is 4.59. The lowest BCUT2D eigenvalue weighted by molar-refractivity contribution is -0.449. The first-order valence-electron chi connectivity index (χ1n) is 3.52. The molecule has 0 aliphatic carbocycles. The smallest absolute Gasteiger partial charge is 0.152 e. The Balaban J connectivity index is 2.83. The molecular weight excluding hydrogens is 114 g/mol. The summed E-state index contributed by atoms with van der Waals surface area (Å²) in [5.41, 5.74) is 0. The van der Waals surface area contributed by atoms with E-state index in [0.29, 0.717) is 6.54 Å². The van der Waals surface area contributed by atoms with Crippen LogP contribution in [0.1, 0.15) is 32.6 Å². The van der Waals surface area contributed by atoms with Crippen LogP contribution in [0.5, 0.6) is 0 Å². The number of unbranched alkanes of at least 4 members (excludes halogenated alkanes) is 3. The van der Waals surface area contributed by atoms with E-state index in [0.717, 1.165) is 17.6 Å². The quantitative estimate of drug-likeness (QED) is 0.183. The molecule has 0 bridgehead atoms. The summed E-state index contributed by atoms with van der Waals surface area (Å²) < 4.78 is 0.746. The summed E-state index contributed by atoms with van der Waals surface area (Å²) in [4.78, 5) is 0. The maximum atomic E-state index is 10.2. The third kappa shape index (κ3) is 7.47. The first-order valence-corrected chi connectivity index (χ1v) is 3.52. The summed E-state index contributed by atoms with van der Waals surface area (Å²) in [7, 11) is 0. The van der Waals surface area contributed by atoms with E-state index in [9.17, 15) is 5.21 Å². The zero-order chi connectivity index (χ0) is 7.11. The molecule has 0 aromatic carbocycles. The molecule has 0 saturated carbocycles. The molecule has 0 unspecified atom stereocenters. The highest BCUT2D eigenvalue weighted by Gasteiger charge is 1.89. The second kappa shape index (κ2) is 5.60. The largest absolute Gasteiger partial charge is 0.624 e. The predicted molar refractivity (Wildman–Crippen MR) is 39.8 cm³/mol. The van der Waals surface area contributed by atoms with Crippen molar-refractivity contribution >= 4 is 6.72 Å². The minimum absolute atomic E-state index is 0.583. The predicted octanol–water partition coefficient (Wildman–Crippen LogP) is 1.78. The Hall–Kier alpha value is -0.530. The van der Waals surface area contributed by atoms with Crippen molar-refractivity contribution in [3.8, 4) is 0 Å². The van der Waals surface area contributed by atoms with Crippen LogP contribution in [0.4, 0.5) is 0 Å². The van der Waals surface area contributed by atoms with Gasteiger partial charge in [0.15, 0.2) is 6.54 Å². The van der Waals surface area contributed by atoms with Gasteiger partial charge in [0.2, 0.25) is 0 Å². The third-order valence-electron chi connectivity index (χ3n) is 1.26. The fourth-order valence-corrected chi connectivity index (χ4v) is 0.715. The van der Waals surface area contributed by atoms with Gasteiger partial charge >= 0.3 is 0 Å².